The molecule has 124 valence electrons. The van der Waals surface area contributed by atoms with Gasteiger partial charge in [-0.25, -0.2) is 0 Å². The molecule has 7 heteroatoms. The summed E-state index contributed by atoms with van der Waals surface area (Å²) in [6.07, 6.45) is 0. The molecular weight excluding hydrogens is 431 g/mol. The predicted octanol–water partition coefficient (Wildman–Crippen LogP) is 5.50. The third-order valence-corrected chi connectivity index (χ3v) is 5.65. The molecule has 0 fully saturated rings. The van der Waals surface area contributed by atoms with E-state index in [0.717, 1.165) is 21.0 Å². The van der Waals surface area contributed by atoms with Crippen molar-refractivity contribution in [3.8, 4) is 0 Å². The Morgan fingerprint density at radius 3 is 2.71 bits per heavy atom. The van der Waals surface area contributed by atoms with Gasteiger partial charge in [0.2, 0.25) is 0 Å². The van der Waals surface area contributed by atoms with Crippen molar-refractivity contribution in [2.24, 2.45) is 4.99 Å². The number of amidine groups is 1. The fraction of sp³-hybridized carbons (Fsp3) is 0.176. The van der Waals surface area contributed by atoms with E-state index in [0.29, 0.717) is 28.7 Å². The molecule has 1 aliphatic heterocycles. The monoisotopic (exact) mass is 442 g/mol. The van der Waals surface area contributed by atoms with E-state index in [2.05, 4.69) is 20.9 Å². The minimum Gasteiger partial charge on any atom is -0.286 e. The van der Waals surface area contributed by atoms with Gasteiger partial charge in [-0.2, -0.15) is 0 Å². The molecule has 0 bridgehead atoms. The lowest BCUT2D eigenvalue weighted by molar-refractivity contribution is 0.0861. The number of halogens is 3. The summed E-state index contributed by atoms with van der Waals surface area (Å²) in [6, 6.07) is 12.9. The van der Waals surface area contributed by atoms with E-state index in [1.54, 1.807) is 28.8 Å². The number of thioether (sulfide) groups is 1. The van der Waals surface area contributed by atoms with Crippen LogP contribution in [0.3, 0.4) is 0 Å². The molecule has 1 aliphatic rings. The van der Waals surface area contributed by atoms with Gasteiger partial charge in [0.05, 0.1) is 17.1 Å². The van der Waals surface area contributed by atoms with Crippen molar-refractivity contribution in [2.45, 2.75) is 5.75 Å². The lowest BCUT2D eigenvalue weighted by Gasteiger charge is -2.18. The second kappa shape index (κ2) is 7.91. The molecule has 0 aliphatic carbocycles. The topological polar surface area (TPSA) is 32.7 Å². The van der Waals surface area contributed by atoms with E-state index >= 15 is 0 Å². The van der Waals surface area contributed by atoms with Gasteiger partial charge < -0.3 is 0 Å². The molecule has 0 unspecified atom stereocenters. The normalized spacial score (nSPS) is 14.0. The van der Waals surface area contributed by atoms with Crippen molar-refractivity contribution in [2.75, 3.05) is 13.1 Å². The summed E-state index contributed by atoms with van der Waals surface area (Å²) < 4.78 is 0.821. The van der Waals surface area contributed by atoms with Crippen molar-refractivity contribution in [3.63, 3.8) is 0 Å². The summed E-state index contributed by atoms with van der Waals surface area (Å²) in [5.74, 6) is 0.604. The fourth-order valence-electron chi connectivity index (χ4n) is 2.27. The van der Waals surface area contributed by atoms with Gasteiger partial charge in [0, 0.05) is 21.8 Å². The highest BCUT2D eigenvalue weighted by molar-refractivity contribution is 9.10. The number of carbonyl (C=O) groups is 1. The Bertz CT molecular complexity index is 796. The van der Waals surface area contributed by atoms with Crippen LogP contribution in [0.1, 0.15) is 15.9 Å². The Kier molecular flexibility index (Phi) is 5.87. The van der Waals surface area contributed by atoms with E-state index in [9.17, 15) is 4.79 Å². The van der Waals surface area contributed by atoms with Gasteiger partial charge in [0.1, 0.15) is 0 Å². The van der Waals surface area contributed by atoms with Gasteiger partial charge in [0.15, 0.2) is 5.17 Å². The average Bonchev–Trinajstić information content (AvgIpc) is 3.04. The maximum atomic E-state index is 12.8. The number of hydrogen-bond donors (Lipinski definition) is 0. The molecule has 2 aromatic carbocycles. The average molecular weight is 444 g/mol. The zero-order valence-electron chi connectivity index (χ0n) is 12.5. The van der Waals surface area contributed by atoms with Crippen LogP contribution in [0.2, 0.25) is 10.0 Å². The number of amides is 1. The molecule has 1 amide bonds. The SMILES string of the molecule is O=C(c1cc(Br)ccc1Cl)N1CCN=C1SCc1ccc(Cl)cc1. The highest BCUT2D eigenvalue weighted by Crippen LogP contribution is 2.26. The molecule has 0 N–H and O–H groups in total. The highest BCUT2D eigenvalue weighted by atomic mass is 79.9. The molecule has 24 heavy (non-hydrogen) atoms. The van der Waals surface area contributed by atoms with E-state index in [4.69, 9.17) is 23.2 Å². The Labute approximate surface area is 163 Å². The van der Waals surface area contributed by atoms with Crippen molar-refractivity contribution in [1.82, 2.24) is 4.90 Å². The number of hydrogen-bond acceptors (Lipinski definition) is 3. The van der Waals surface area contributed by atoms with Crippen molar-refractivity contribution in [1.29, 1.82) is 0 Å². The zero-order chi connectivity index (χ0) is 17.1. The number of carbonyl (C=O) groups excluding carboxylic acids is 1. The van der Waals surface area contributed by atoms with Crippen LogP contribution in [0.4, 0.5) is 0 Å². The molecule has 0 radical (unpaired) electrons. The molecule has 0 aromatic heterocycles. The first-order valence-corrected chi connectivity index (χ1v) is 9.76. The summed E-state index contributed by atoms with van der Waals surface area (Å²) in [5.41, 5.74) is 1.61. The first-order valence-electron chi connectivity index (χ1n) is 7.23. The highest BCUT2D eigenvalue weighted by Gasteiger charge is 2.26. The smallest absolute Gasteiger partial charge is 0.261 e. The lowest BCUT2D eigenvalue weighted by Crippen LogP contribution is -2.33. The van der Waals surface area contributed by atoms with Gasteiger partial charge in [-0.1, -0.05) is 63.0 Å². The third-order valence-electron chi connectivity index (χ3n) is 3.49. The van der Waals surface area contributed by atoms with Crippen molar-refractivity contribution < 1.29 is 4.79 Å². The van der Waals surface area contributed by atoms with E-state index in [1.165, 1.54) is 0 Å². The number of benzene rings is 2. The van der Waals surface area contributed by atoms with Crippen LogP contribution in [0, 0.1) is 0 Å². The molecule has 3 rings (SSSR count). The summed E-state index contributed by atoms with van der Waals surface area (Å²) in [4.78, 5) is 18.9. The van der Waals surface area contributed by atoms with Crippen LogP contribution < -0.4 is 0 Å². The van der Waals surface area contributed by atoms with Gasteiger partial charge in [-0.3, -0.25) is 14.7 Å². The fourth-order valence-corrected chi connectivity index (χ4v) is 3.96. The molecule has 0 atom stereocenters. The van der Waals surface area contributed by atoms with Crippen LogP contribution in [0.25, 0.3) is 0 Å². The Morgan fingerprint density at radius 1 is 1.21 bits per heavy atom. The van der Waals surface area contributed by atoms with Crippen molar-refractivity contribution in [3.05, 3.63) is 68.1 Å². The number of aliphatic imine (C=N–C) groups is 1. The first-order chi connectivity index (χ1) is 11.5. The standard InChI is InChI=1S/C17H13BrCl2N2OS/c18-12-3-6-15(20)14(9-12)16(23)22-8-7-21-17(22)24-10-11-1-4-13(19)5-2-11/h1-6,9H,7-8,10H2. The Morgan fingerprint density at radius 2 is 1.96 bits per heavy atom. The van der Waals surface area contributed by atoms with Crippen molar-refractivity contribution >= 4 is 62.0 Å². The molecule has 1 heterocycles. The van der Waals surface area contributed by atoms with E-state index in [-0.39, 0.29) is 5.91 Å². The summed E-state index contributed by atoms with van der Waals surface area (Å²) in [5, 5.41) is 1.88. The third kappa shape index (κ3) is 4.14. The Hall–Kier alpha value is -1.01. The number of nitrogens with zero attached hydrogens (tertiary/aromatic N) is 2. The molecule has 0 saturated heterocycles. The number of rotatable bonds is 3. The van der Waals surface area contributed by atoms with Crippen LogP contribution in [-0.2, 0) is 5.75 Å². The molecule has 0 saturated carbocycles. The zero-order valence-corrected chi connectivity index (χ0v) is 16.4. The summed E-state index contributed by atoms with van der Waals surface area (Å²) >= 11 is 17.0. The van der Waals surface area contributed by atoms with Crippen LogP contribution >= 0.6 is 50.9 Å². The maximum Gasteiger partial charge on any atom is 0.261 e. The lowest BCUT2D eigenvalue weighted by atomic mass is 10.2. The van der Waals surface area contributed by atoms with Crippen LogP contribution in [0.15, 0.2) is 51.9 Å². The quantitative estimate of drug-likeness (QED) is 0.627. The van der Waals surface area contributed by atoms with Gasteiger partial charge in [-0.05, 0) is 35.9 Å². The van der Waals surface area contributed by atoms with E-state index < -0.39 is 0 Å². The molecule has 2 aromatic rings. The maximum absolute atomic E-state index is 12.8. The van der Waals surface area contributed by atoms with Gasteiger partial charge >= 0.3 is 0 Å². The predicted molar refractivity (Wildman–Crippen MR) is 105 cm³/mol. The summed E-state index contributed by atoms with van der Waals surface area (Å²) in [6.45, 7) is 1.19. The van der Waals surface area contributed by atoms with Gasteiger partial charge in [0.25, 0.3) is 5.91 Å². The first kappa shape index (κ1) is 17.8. The molecule has 0 spiro atoms. The molecular formula is C17H13BrCl2N2OS. The second-order valence-corrected chi connectivity index (χ2v) is 7.86. The van der Waals surface area contributed by atoms with Gasteiger partial charge in [-0.15, -0.1) is 0 Å². The summed E-state index contributed by atoms with van der Waals surface area (Å²) in [7, 11) is 0. The molecule has 3 nitrogen and oxygen atoms in total. The Balaban J connectivity index is 1.71. The van der Waals surface area contributed by atoms with Crippen LogP contribution in [-0.4, -0.2) is 29.1 Å². The largest absolute Gasteiger partial charge is 0.286 e. The minimum absolute atomic E-state index is 0.124. The second-order valence-electron chi connectivity index (χ2n) is 5.16. The minimum atomic E-state index is -0.124. The van der Waals surface area contributed by atoms with Crippen LogP contribution in [0.5, 0.6) is 0 Å². The van der Waals surface area contributed by atoms with E-state index in [1.807, 2.05) is 30.3 Å².